The molecule has 0 atom stereocenters. The highest BCUT2D eigenvalue weighted by Crippen LogP contribution is 2.45. The number of nitrogens with zero attached hydrogens (tertiary/aromatic N) is 5. The van der Waals surface area contributed by atoms with Crippen LogP contribution in [0.25, 0.3) is 5.69 Å². The number of benzene rings is 2. The summed E-state index contributed by atoms with van der Waals surface area (Å²) < 4.78 is 35.5. The molecule has 1 aromatic heterocycles. The molecule has 13 heteroatoms. The molecule has 1 aliphatic carbocycles. The molecule has 5 rings (SSSR count). The quantitative estimate of drug-likeness (QED) is 0.236. The van der Waals surface area contributed by atoms with Gasteiger partial charge in [0, 0.05) is 48.2 Å². The van der Waals surface area contributed by atoms with Crippen molar-refractivity contribution in [3.63, 3.8) is 0 Å². The summed E-state index contributed by atoms with van der Waals surface area (Å²) in [4.78, 5) is 26.5. The highest BCUT2D eigenvalue weighted by atomic mass is 35.5. The third-order valence-electron chi connectivity index (χ3n) is 7.87. The molecule has 1 aliphatic heterocycles. The van der Waals surface area contributed by atoms with Crippen LogP contribution in [0, 0.1) is 15.5 Å². The molecule has 0 unspecified atom stereocenters. The lowest BCUT2D eigenvalue weighted by Gasteiger charge is -2.35. The van der Waals surface area contributed by atoms with Gasteiger partial charge >= 0.3 is 5.56 Å². The van der Waals surface area contributed by atoms with Crippen LogP contribution in [0.5, 0.6) is 5.75 Å². The van der Waals surface area contributed by atoms with Crippen LogP contribution in [0.15, 0.2) is 53.5 Å². The van der Waals surface area contributed by atoms with Gasteiger partial charge in [-0.05, 0) is 48.6 Å². The molecule has 0 amide bonds. The zero-order valence-corrected chi connectivity index (χ0v) is 25.4. The summed E-state index contributed by atoms with van der Waals surface area (Å²) in [5, 5.41) is 16.3. The van der Waals surface area contributed by atoms with Gasteiger partial charge in [-0.1, -0.05) is 44.5 Å². The maximum absolute atomic E-state index is 13.6. The minimum absolute atomic E-state index is 0.0145. The molecule has 0 N–H and O–H groups in total. The molecule has 1 saturated carbocycles. The number of piperazine rings is 1. The number of ether oxygens (including phenoxy) is 1. The molecular weight excluding hydrogens is 582 g/mol. The molecule has 2 aromatic carbocycles. The third kappa shape index (κ3) is 6.45. The van der Waals surface area contributed by atoms with E-state index < -0.39 is 20.5 Å². The lowest BCUT2D eigenvalue weighted by Crippen LogP contribution is -2.49. The second-order valence-electron chi connectivity index (χ2n) is 11.6. The largest absolute Gasteiger partial charge is 0.486 e. The van der Waals surface area contributed by atoms with E-state index in [2.05, 4.69) is 12.0 Å². The Balaban J connectivity index is 1.35. The number of hydrogen-bond donors (Lipinski definition) is 0. The van der Waals surface area contributed by atoms with E-state index in [-0.39, 0.29) is 41.6 Å². The van der Waals surface area contributed by atoms with E-state index in [9.17, 15) is 23.3 Å². The van der Waals surface area contributed by atoms with Crippen LogP contribution in [0.4, 0.5) is 11.4 Å². The zero-order valence-electron chi connectivity index (χ0n) is 23.8. The van der Waals surface area contributed by atoms with Crippen molar-refractivity contribution in [2.75, 3.05) is 37.7 Å². The van der Waals surface area contributed by atoms with Crippen LogP contribution in [0.3, 0.4) is 0 Å². The third-order valence-corrected chi connectivity index (χ3v) is 9.95. The maximum atomic E-state index is 13.6. The Bertz CT molecular complexity index is 1660. The van der Waals surface area contributed by atoms with Crippen LogP contribution in [-0.4, -0.2) is 60.2 Å². The SMILES string of the molecule is CC(C)c1cc(CS(=O)(=O)N2CCN(c3cnn(-c4cccc(Cl)c4)c(=O)c3OCC3(C)CC3)CC2)ccc1[N+](=O)[O-]. The Morgan fingerprint density at radius 1 is 1.12 bits per heavy atom. The number of aromatic nitrogens is 2. The van der Waals surface area contributed by atoms with Gasteiger partial charge in [0.1, 0.15) is 5.69 Å². The molecule has 1 saturated heterocycles. The normalized spacial score (nSPS) is 16.9. The molecule has 2 aliphatic rings. The Morgan fingerprint density at radius 3 is 2.45 bits per heavy atom. The highest BCUT2D eigenvalue weighted by molar-refractivity contribution is 7.88. The number of anilines is 1. The van der Waals surface area contributed by atoms with Gasteiger partial charge in [-0.25, -0.2) is 8.42 Å². The number of halogens is 1. The van der Waals surface area contributed by atoms with Gasteiger partial charge in [-0.3, -0.25) is 14.9 Å². The first-order valence-corrected chi connectivity index (χ1v) is 15.9. The monoisotopic (exact) mass is 615 g/mol. The standard InChI is InChI=1S/C29H34ClN5O6S/c1-20(2)24-15-21(7-8-25(24)35(37)38)18-42(39,40)33-13-11-32(12-14-33)26-17-31-34(23-6-4-5-22(30)16-23)28(36)27(26)41-19-29(3)9-10-29/h4-8,15-17,20H,9-14,18-19H2,1-3H3. The Labute approximate surface area is 249 Å². The maximum Gasteiger partial charge on any atom is 0.316 e. The van der Waals surface area contributed by atoms with Crippen molar-refractivity contribution in [1.29, 1.82) is 0 Å². The van der Waals surface area contributed by atoms with E-state index in [1.807, 2.05) is 18.7 Å². The van der Waals surface area contributed by atoms with Gasteiger partial charge in [0.05, 0.1) is 29.2 Å². The molecule has 2 heterocycles. The molecule has 2 fully saturated rings. The smallest absolute Gasteiger partial charge is 0.316 e. The van der Waals surface area contributed by atoms with Gasteiger partial charge in [-0.15, -0.1) is 0 Å². The van der Waals surface area contributed by atoms with Crippen molar-refractivity contribution in [3.8, 4) is 11.4 Å². The van der Waals surface area contributed by atoms with Crippen LogP contribution < -0.4 is 15.2 Å². The predicted molar refractivity (Wildman–Crippen MR) is 161 cm³/mol. The fourth-order valence-corrected chi connectivity index (χ4v) is 6.71. The summed E-state index contributed by atoms with van der Waals surface area (Å²) in [6.07, 6.45) is 3.64. The Hall–Kier alpha value is -3.48. The van der Waals surface area contributed by atoms with E-state index in [0.717, 1.165) is 12.8 Å². The molecule has 11 nitrogen and oxygen atoms in total. The first-order chi connectivity index (χ1) is 19.9. The molecule has 0 bridgehead atoms. The van der Waals surface area contributed by atoms with Crippen molar-refractivity contribution in [1.82, 2.24) is 14.1 Å². The first-order valence-electron chi connectivity index (χ1n) is 13.9. The summed E-state index contributed by atoms with van der Waals surface area (Å²) in [5.74, 6) is -0.200. The molecular formula is C29H34ClN5O6S. The van der Waals surface area contributed by atoms with Crippen molar-refractivity contribution in [3.05, 3.63) is 85.3 Å². The van der Waals surface area contributed by atoms with Gasteiger partial charge in [-0.2, -0.15) is 14.1 Å². The van der Waals surface area contributed by atoms with E-state index >= 15 is 0 Å². The topological polar surface area (TPSA) is 128 Å². The van der Waals surface area contributed by atoms with Crippen LogP contribution in [0.1, 0.15) is 50.7 Å². The minimum Gasteiger partial charge on any atom is -0.486 e. The molecule has 3 aromatic rings. The van der Waals surface area contributed by atoms with Crippen molar-refractivity contribution in [2.45, 2.75) is 45.3 Å². The van der Waals surface area contributed by atoms with Gasteiger partial charge in [0.2, 0.25) is 15.8 Å². The fraction of sp³-hybridized carbons (Fsp3) is 0.448. The second kappa shape index (κ2) is 11.7. The summed E-state index contributed by atoms with van der Waals surface area (Å²) in [7, 11) is -3.69. The van der Waals surface area contributed by atoms with Crippen LogP contribution >= 0.6 is 11.6 Å². The lowest BCUT2D eigenvalue weighted by atomic mass is 9.99. The Morgan fingerprint density at radius 2 is 1.83 bits per heavy atom. The van der Waals surface area contributed by atoms with Crippen molar-refractivity contribution < 1.29 is 18.1 Å². The van der Waals surface area contributed by atoms with E-state index in [4.69, 9.17) is 16.3 Å². The summed E-state index contributed by atoms with van der Waals surface area (Å²) >= 11 is 6.15. The van der Waals surface area contributed by atoms with Crippen LogP contribution in [0.2, 0.25) is 5.02 Å². The summed E-state index contributed by atoms with van der Waals surface area (Å²) in [5.41, 5.74) is 1.66. The van der Waals surface area contributed by atoms with Crippen molar-refractivity contribution in [2.24, 2.45) is 5.41 Å². The van der Waals surface area contributed by atoms with Gasteiger partial charge in [0.25, 0.3) is 5.69 Å². The average Bonchev–Trinajstić information content (AvgIpc) is 3.69. The van der Waals surface area contributed by atoms with Crippen molar-refractivity contribution >= 4 is 33.0 Å². The summed E-state index contributed by atoms with van der Waals surface area (Å²) in [6.45, 7) is 7.29. The number of nitro benzene ring substituents is 1. The molecule has 0 radical (unpaired) electrons. The number of rotatable bonds is 10. The van der Waals surface area contributed by atoms with E-state index in [1.54, 1.807) is 36.5 Å². The lowest BCUT2D eigenvalue weighted by molar-refractivity contribution is -0.385. The second-order valence-corrected chi connectivity index (χ2v) is 14.0. The fourth-order valence-electron chi connectivity index (χ4n) is 5.02. The predicted octanol–water partition coefficient (Wildman–Crippen LogP) is 4.75. The zero-order chi connectivity index (χ0) is 30.2. The average molecular weight is 616 g/mol. The molecule has 224 valence electrons. The number of sulfonamides is 1. The molecule has 42 heavy (non-hydrogen) atoms. The van der Waals surface area contributed by atoms with E-state index in [1.165, 1.54) is 21.1 Å². The highest BCUT2D eigenvalue weighted by Gasteiger charge is 2.39. The van der Waals surface area contributed by atoms with Gasteiger partial charge in [0.15, 0.2) is 0 Å². The van der Waals surface area contributed by atoms with E-state index in [0.29, 0.717) is 47.2 Å². The van der Waals surface area contributed by atoms with Gasteiger partial charge < -0.3 is 9.64 Å². The Kier molecular flexibility index (Phi) is 8.32. The minimum atomic E-state index is -3.69. The molecule has 0 spiro atoms. The van der Waals surface area contributed by atoms with Crippen LogP contribution in [-0.2, 0) is 15.8 Å². The number of nitro groups is 1. The number of hydrogen-bond acceptors (Lipinski definition) is 8. The first kappa shape index (κ1) is 30.0. The summed E-state index contributed by atoms with van der Waals surface area (Å²) in [6, 6.07) is 11.3.